The van der Waals surface area contributed by atoms with Gasteiger partial charge < -0.3 is 9.30 Å². The van der Waals surface area contributed by atoms with Crippen LogP contribution in [0.4, 0.5) is 0 Å². The summed E-state index contributed by atoms with van der Waals surface area (Å²) in [5.41, 5.74) is 3.19. The van der Waals surface area contributed by atoms with Gasteiger partial charge in [0.15, 0.2) is 0 Å². The molecule has 2 aromatic rings. The molecule has 0 N–H and O–H groups in total. The molecule has 1 atom stereocenters. The van der Waals surface area contributed by atoms with Gasteiger partial charge in [-0.2, -0.15) is 0 Å². The monoisotopic (exact) mass is 387 g/mol. The van der Waals surface area contributed by atoms with Crippen molar-refractivity contribution in [2.45, 2.75) is 65.0 Å². The Morgan fingerprint density at radius 1 is 1.30 bits per heavy atom. The van der Waals surface area contributed by atoms with Crippen molar-refractivity contribution >= 4 is 23.4 Å². The fourth-order valence-corrected chi connectivity index (χ4v) is 3.90. The first-order valence-corrected chi connectivity index (χ1v) is 10.0. The van der Waals surface area contributed by atoms with Crippen LogP contribution in [-0.4, -0.2) is 22.4 Å². The number of hydrogen-bond donors (Lipinski definition) is 0. The highest BCUT2D eigenvalue weighted by molar-refractivity contribution is 6.31. The van der Waals surface area contributed by atoms with E-state index in [1.807, 2.05) is 24.5 Å². The second-order valence-electron chi connectivity index (χ2n) is 7.36. The Kier molecular flexibility index (Phi) is 6.05. The highest BCUT2D eigenvalue weighted by atomic mass is 35.5. The number of carbonyl (C=O) groups excluding carboxylic acids is 2. The second kappa shape index (κ2) is 8.30. The minimum absolute atomic E-state index is 0.0345. The van der Waals surface area contributed by atoms with Crippen LogP contribution in [0.15, 0.2) is 30.3 Å². The van der Waals surface area contributed by atoms with Crippen molar-refractivity contribution in [3.63, 3.8) is 0 Å². The number of ketones is 1. The van der Waals surface area contributed by atoms with Crippen LogP contribution in [0.5, 0.6) is 0 Å². The van der Waals surface area contributed by atoms with Crippen LogP contribution in [0.2, 0.25) is 5.02 Å². The lowest BCUT2D eigenvalue weighted by atomic mass is 9.99. The predicted molar refractivity (Wildman–Crippen MR) is 107 cm³/mol. The zero-order valence-corrected chi connectivity index (χ0v) is 16.9. The molecule has 0 saturated heterocycles. The van der Waals surface area contributed by atoms with Crippen LogP contribution >= 0.6 is 11.6 Å². The van der Waals surface area contributed by atoms with Crippen LogP contribution < -0.4 is 0 Å². The van der Waals surface area contributed by atoms with Crippen LogP contribution in [0.3, 0.4) is 0 Å². The van der Waals surface area contributed by atoms with E-state index < -0.39 is 0 Å². The van der Waals surface area contributed by atoms with E-state index in [0.717, 1.165) is 30.5 Å². The standard InChI is InChI=1S/C22H26ClNO3/c1-4-5-7-15-13-19-18(22(26)27-14(2)3)10-11-24(19)20(15)21(25)16-8-6-9-17(23)12-16/h6,8-9,12-14,18H,4-5,7,10-11H2,1-3H3. The van der Waals surface area contributed by atoms with Gasteiger partial charge in [0.1, 0.15) is 0 Å². The van der Waals surface area contributed by atoms with Gasteiger partial charge in [-0.15, -0.1) is 0 Å². The van der Waals surface area contributed by atoms with E-state index >= 15 is 0 Å². The zero-order valence-electron chi connectivity index (χ0n) is 16.1. The molecule has 0 aliphatic carbocycles. The molecule has 2 heterocycles. The molecule has 144 valence electrons. The van der Waals surface area contributed by atoms with Crippen molar-refractivity contribution in [1.82, 2.24) is 4.57 Å². The Hall–Kier alpha value is -2.07. The van der Waals surface area contributed by atoms with Gasteiger partial charge in [-0.05, 0) is 56.9 Å². The Labute approximate surface area is 165 Å². The predicted octanol–water partition coefficient (Wildman–Crippen LogP) is 5.15. The molecule has 0 fully saturated rings. The fourth-order valence-electron chi connectivity index (χ4n) is 3.71. The number of aromatic nitrogens is 1. The van der Waals surface area contributed by atoms with E-state index in [2.05, 4.69) is 6.92 Å². The van der Waals surface area contributed by atoms with E-state index in [1.54, 1.807) is 24.3 Å². The highest BCUT2D eigenvalue weighted by Gasteiger charge is 2.35. The van der Waals surface area contributed by atoms with Gasteiger partial charge in [-0.3, -0.25) is 9.59 Å². The first kappa shape index (κ1) is 19.7. The van der Waals surface area contributed by atoms with Gasteiger partial charge in [0, 0.05) is 22.8 Å². The minimum atomic E-state index is -0.298. The summed E-state index contributed by atoms with van der Waals surface area (Å²) in [6.07, 6.45) is 3.40. The number of rotatable bonds is 7. The number of ether oxygens (including phenoxy) is 1. The van der Waals surface area contributed by atoms with Crippen molar-refractivity contribution in [2.24, 2.45) is 0 Å². The molecular formula is C22H26ClNO3. The SMILES string of the molecule is CCCCc1cc2n(c1C(=O)c1cccc(Cl)c1)CCC2C(=O)OC(C)C. The summed E-state index contributed by atoms with van der Waals surface area (Å²) in [5.74, 6) is -0.536. The van der Waals surface area contributed by atoms with E-state index in [9.17, 15) is 9.59 Å². The average molecular weight is 388 g/mol. The Bertz CT molecular complexity index is 853. The van der Waals surface area contributed by atoms with Gasteiger partial charge in [-0.1, -0.05) is 37.1 Å². The Morgan fingerprint density at radius 2 is 2.07 bits per heavy atom. The molecule has 0 saturated carbocycles. The number of carbonyl (C=O) groups is 2. The lowest BCUT2D eigenvalue weighted by Crippen LogP contribution is -2.18. The zero-order chi connectivity index (χ0) is 19.6. The molecule has 0 amide bonds. The summed E-state index contributed by atoms with van der Waals surface area (Å²) in [5, 5.41) is 0.544. The number of hydrogen-bond acceptors (Lipinski definition) is 3. The minimum Gasteiger partial charge on any atom is -0.462 e. The Morgan fingerprint density at radius 3 is 2.74 bits per heavy atom. The summed E-state index contributed by atoms with van der Waals surface area (Å²) in [6, 6.07) is 9.07. The average Bonchev–Trinajstić information content (AvgIpc) is 3.17. The van der Waals surface area contributed by atoms with Crippen molar-refractivity contribution in [2.75, 3.05) is 0 Å². The first-order chi connectivity index (χ1) is 12.9. The lowest BCUT2D eigenvalue weighted by Gasteiger charge is -2.12. The summed E-state index contributed by atoms with van der Waals surface area (Å²) in [7, 11) is 0. The number of nitrogens with zero attached hydrogens (tertiary/aromatic N) is 1. The number of unbranched alkanes of at least 4 members (excludes halogenated alkanes) is 1. The van der Waals surface area contributed by atoms with Gasteiger partial charge in [-0.25, -0.2) is 0 Å². The van der Waals surface area contributed by atoms with Crippen LogP contribution in [-0.2, 0) is 22.5 Å². The number of fused-ring (bicyclic) bond motifs is 1. The van der Waals surface area contributed by atoms with Crippen molar-refractivity contribution in [3.8, 4) is 0 Å². The quantitative estimate of drug-likeness (QED) is 0.487. The van der Waals surface area contributed by atoms with Crippen molar-refractivity contribution < 1.29 is 14.3 Å². The lowest BCUT2D eigenvalue weighted by molar-refractivity contribution is -0.149. The van der Waals surface area contributed by atoms with E-state index in [4.69, 9.17) is 16.3 Å². The normalized spacial score (nSPS) is 15.8. The summed E-state index contributed by atoms with van der Waals surface area (Å²) >= 11 is 6.08. The maximum Gasteiger partial charge on any atom is 0.315 e. The van der Waals surface area contributed by atoms with Gasteiger partial charge in [0.25, 0.3) is 0 Å². The molecule has 5 heteroatoms. The van der Waals surface area contributed by atoms with Crippen molar-refractivity contribution in [3.05, 3.63) is 57.9 Å². The molecule has 27 heavy (non-hydrogen) atoms. The third kappa shape index (κ3) is 4.11. The fraction of sp³-hybridized carbons (Fsp3) is 0.455. The maximum absolute atomic E-state index is 13.3. The molecule has 1 unspecified atom stereocenters. The van der Waals surface area contributed by atoms with Gasteiger partial charge in [0.2, 0.25) is 5.78 Å². The summed E-state index contributed by atoms with van der Waals surface area (Å²) in [4.78, 5) is 25.8. The van der Waals surface area contributed by atoms with Crippen molar-refractivity contribution in [1.29, 1.82) is 0 Å². The number of benzene rings is 1. The topological polar surface area (TPSA) is 48.3 Å². The molecule has 4 nitrogen and oxygen atoms in total. The first-order valence-electron chi connectivity index (χ1n) is 9.65. The molecule has 1 aliphatic heterocycles. The third-order valence-electron chi connectivity index (χ3n) is 4.94. The molecule has 1 aliphatic rings. The smallest absolute Gasteiger partial charge is 0.315 e. The highest BCUT2D eigenvalue weighted by Crippen LogP contribution is 2.35. The summed E-state index contributed by atoms with van der Waals surface area (Å²) in [6.45, 7) is 6.49. The largest absolute Gasteiger partial charge is 0.462 e. The number of esters is 1. The van der Waals surface area contributed by atoms with E-state index in [0.29, 0.717) is 29.2 Å². The molecular weight excluding hydrogens is 362 g/mol. The third-order valence-corrected chi connectivity index (χ3v) is 5.18. The van der Waals surface area contributed by atoms with E-state index in [-0.39, 0.29) is 23.8 Å². The molecule has 1 aromatic heterocycles. The second-order valence-corrected chi connectivity index (χ2v) is 7.80. The number of aryl methyl sites for hydroxylation is 1. The number of halogens is 1. The van der Waals surface area contributed by atoms with Gasteiger partial charge in [0.05, 0.1) is 17.7 Å². The maximum atomic E-state index is 13.3. The molecule has 0 bridgehead atoms. The van der Waals surface area contributed by atoms with Crippen LogP contribution in [0.1, 0.15) is 73.3 Å². The van der Waals surface area contributed by atoms with Crippen LogP contribution in [0.25, 0.3) is 0 Å². The molecule has 0 radical (unpaired) electrons. The van der Waals surface area contributed by atoms with E-state index in [1.165, 1.54) is 0 Å². The molecule has 3 rings (SSSR count). The molecule has 1 aromatic carbocycles. The summed E-state index contributed by atoms with van der Waals surface area (Å²) < 4.78 is 7.44. The Balaban J connectivity index is 2.00. The molecule has 0 spiro atoms. The van der Waals surface area contributed by atoms with Crippen LogP contribution in [0, 0.1) is 0 Å². The van der Waals surface area contributed by atoms with Gasteiger partial charge >= 0.3 is 5.97 Å².